The summed E-state index contributed by atoms with van der Waals surface area (Å²) in [6, 6.07) is 10.8. The highest BCUT2D eigenvalue weighted by atomic mass is 32.2. The number of aryl methyl sites for hydroxylation is 3. The molecule has 2 aromatic carbocycles. The maximum absolute atomic E-state index is 11.2. The van der Waals surface area contributed by atoms with Gasteiger partial charge in [0, 0.05) is 6.26 Å². The van der Waals surface area contributed by atoms with Gasteiger partial charge in [-0.15, -0.1) is 0 Å². The third-order valence-corrected chi connectivity index (χ3v) is 5.88. The molecule has 0 heterocycles. The minimum atomic E-state index is -2.92. The fourth-order valence-corrected chi connectivity index (χ4v) is 4.44. The molecule has 0 aromatic heterocycles. The van der Waals surface area contributed by atoms with E-state index >= 15 is 0 Å². The maximum Gasteiger partial charge on any atom is 0.147 e. The van der Waals surface area contributed by atoms with E-state index < -0.39 is 9.84 Å². The van der Waals surface area contributed by atoms with Crippen molar-refractivity contribution in [3.05, 3.63) is 52.6 Å². The van der Waals surface area contributed by atoms with Crippen LogP contribution in [0, 0.1) is 13.8 Å². The van der Waals surface area contributed by atoms with Crippen molar-refractivity contribution in [1.29, 1.82) is 0 Å². The van der Waals surface area contributed by atoms with Crippen LogP contribution in [0.1, 0.15) is 35.1 Å². The van der Waals surface area contributed by atoms with Crippen LogP contribution in [0.3, 0.4) is 0 Å². The lowest BCUT2D eigenvalue weighted by atomic mass is 9.90. The van der Waals surface area contributed by atoms with Crippen molar-refractivity contribution in [2.75, 3.05) is 18.6 Å². The largest absolute Gasteiger partial charge is 0.494 e. The molecule has 0 unspecified atom stereocenters. The van der Waals surface area contributed by atoms with Crippen molar-refractivity contribution >= 4 is 9.84 Å². The van der Waals surface area contributed by atoms with Gasteiger partial charge in [0.25, 0.3) is 0 Å². The van der Waals surface area contributed by atoms with Crippen molar-refractivity contribution < 1.29 is 13.2 Å². The topological polar surface area (TPSA) is 43.4 Å². The Labute approximate surface area is 151 Å². The zero-order valence-electron chi connectivity index (χ0n) is 15.3. The van der Waals surface area contributed by atoms with Gasteiger partial charge in [-0.2, -0.15) is 0 Å². The number of hydrogen-bond acceptors (Lipinski definition) is 3. The third kappa shape index (κ3) is 4.24. The van der Waals surface area contributed by atoms with E-state index in [1.54, 1.807) is 0 Å². The Bertz CT molecular complexity index is 859. The van der Waals surface area contributed by atoms with E-state index in [9.17, 15) is 8.42 Å². The molecule has 2 aromatic rings. The number of sulfone groups is 1. The summed E-state index contributed by atoms with van der Waals surface area (Å²) in [7, 11) is -2.92. The third-order valence-electron chi connectivity index (χ3n) is 4.85. The van der Waals surface area contributed by atoms with Crippen molar-refractivity contribution in [1.82, 2.24) is 0 Å². The van der Waals surface area contributed by atoms with Gasteiger partial charge in [0.1, 0.15) is 15.6 Å². The summed E-state index contributed by atoms with van der Waals surface area (Å²) in [5.41, 5.74) is 8.06. The molecule has 0 saturated heterocycles. The molecule has 25 heavy (non-hydrogen) atoms. The lowest BCUT2D eigenvalue weighted by Crippen LogP contribution is -2.08. The SMILES string of the molecule is Cc1cc(OCCCS(C)(=O)=O)cc(C)c1-c1cccc2c1CCC2. The first-order chi connectivity index (χ1) is 11.8. The first kappa shape index (κ1) is 18.0. The van der Waals surface area contributed by atoms with Crippen LogP contribution in [0.5, 0.6) is 5.75 Å². The van der Waals surface area contributed by atoms with Gasteiger partial charge >= 0.3 is 0 Å². The van der Waals surface area contributed by atoms with Crippen LogP contribution in [0.4, 0.5) is 0 Å². The molecule has 0 N–H and O–H groups in total. The summed E-state index contributed by atoms with van der Waals surface area (Å²) in [5.74, 6) is 0.985. The molecule has 0 radical (unpaired) electrons. The van der Waals surface area contributed by atoms with Gasteiger partial charge in [-0.3, -0.25) is 0 Å². The number of hydrogen-bond donors (Lipinski definition) is 0. The molecule has 4 heteroatoms. The molecule has 0 amide bonds. The standard InChI is InChI=1S/C21H26O3S/c1-15-13-18(24-11-6-12-25(3,22)23)14-16(2)21(15)20-10-5-8-17-7-4-9-19(17)20/h5,8,10,13-14H,4,6-7,9,11-12H2,1-3H3. The number of ether oxygens (including phenoxy) is 1. The van der Waals surface area contributed by atoms with Crippen molar-refractivity contribution in [3.8, 4) is 16.9 Å². The van der Waals surface area contributed by atoms with Gasteiger partial charge in [0.2, 0.25) is 0 Å². The molecule has 1 aliphatic rings. The van der Waals surface area contributed by atoms with Crippen LogP contribution in [0.25, 0.3) is 11.1 Å². The van der Waals surface area contributed by atoms with Gasteiger partial charge in [-0.25, -0.2) is 8.42 Å². The monoisotopic (exact) mass is 358 g/mol. The lowest BCUT2D eigenvalue weighted by molar-refractivity contribution is 0.317. The van der Waals surface area contributed by atoms with Crippen LogP contribution in [0.15, 0.2) is 30.3 Å². The van der Waals surface area contributed by atoms with E-state index in [1.807, 2.05) is 0 Å². The molecule has 3 nitrogen and oxygen atoms in total. The van der Waals surface area contributed by atoms with Crippen molar-refractivity contribution in [3.63, 3.8) is 0 Å². The minimum Gasteiger partial charge on any atom is -0.494 e. The molecule has 0 saturated carbocycles. The normalized spacial score (nSPS) is 13.7. The van der Waals surface area contributed by atoms with Gasteiger partial charge in [-0.1, -0.05) is 18.2 Å². The first-order valence-corrected chi connectivity index (χ1v) is 10.9. The summed E-state index contributed by atoms with van der Waals surface area (Å²) in [4.78, 5) is 0. The highest BCUT2D eigenvalue weighted by Crippen LogP contribution is 2.37. The predicted octanol–water partition coefficient (Wildman–Crippen LogP) is 4.27. The number of fused-ring (bicyclic) bond motifs is 1. The van der Waals surface area contributed by atoms with E-state index in [-0.39, 0.29) is 5.75 Å². The number of rotatable bonds is 6. The molecule has 0 bridgehead atoms. The average Bonchev–Trinajstić information content (AvgIpc) is 2.99. The van der Waals surface area contributed by atoms with Crippen LogP contribution in [0.2, 0.25) is 0 Å². The second-order valence-corrected chi connectivity index (χ2v) is 9.32. The van der Waals surface area contributed by atoms with Gasteiger partial charge in [-0.05, 0) is 85.0 Å². The van der Waals surface area contributed by atoms with Crippen LogP contribution < -0.4 is 4.74 Å². The fourth-order valence-electron chi connectivity index (χ4n) is 3.80. The van der Waals surface area contributed by atoms with Crippen LogP contribution in [-0.2, 0) is 22.7 Å². The Morgan fingerprint density at radius 3 is 2.48 bits per heavy atom. The Kier molecular flexibility index (Phi) is 5.19. The predicted molar refractivity (Wildman–Crippen MR) is 103 cm³/mol. The van der Waals surface area contributed by atoms with Gasteiger partial charge < -0.3 is 4.74 Å². The van der Waals surface area contributed by atoms with Crippen molar-refractivity contribution in [2.24, 2.45) is 0 Å². The van der Waals surface area contributed by atoms with E-state index in [2.05, 4.69) is 44.2 Å². The molecule has 0 fully saturated rings. The quantitative estimate of drug-likeness (QED) is 0.724. The highest BCUT2D eigenvalue weighted by Gasteiger charge is 2.18. The van der Waals surface area contributed by atoms with E-state index in [0.717, 1.165) is 12.2 Å². The summed E-state index contributed by atoms with van der Waals surface area (Å²) < 4.78 is 28.2. The molecular weight excluding hydrogens is 332 g/mol. The van der Waals surface area contributed by atoms with Crippen molar-refractivity contribution in [2.45, 2.75) is 39.5 Å². The van der Waals surface area contributed by atoms with Gasteiger partial charge in [0.15, 0.2) is 0 Å². The second kappa shape index (κ2) is 7.20. The average molecular weight is 359 g/mol. The van der Waals surface area contributed by atoms with E-state index in [1.165, 1.54) is 52.5 Å². The zero-order chi connectivity index (χ0) is 18.0. The molecule has 0 aliphatic heterocycles. The van der Waals surface area contributed by atoms with E-state index in [0.29, 0.717) is 13.0 Å². The summed E-state index contributed by atoms with van der Waals surface area (Å²) >= 11 is 0. The second-order valence-electron chi connectivity index (χ2n) is 7.06. The summed E-state index contributed by atoms with van der Waals surface area (Å²) in [5, 5.41) is 0. The Morgan fingerprint density at radius 2 is 1.80 bits per heavy atom. The Balaban J connectivity index is 1.81. The molecule has 0 spiro atoms. The van der Waals surface area contributed by atoms with Gasteiger partial charge in [0.05, 0.1) is 12.4 Å². The lowest BCUT2D eigenvalue weighted by Gasteiger charge is -2.16. The molecule has 134 valence electrons. The fraction of sp³-hybridized carbons (Fsp3) is 0.429. The van der Waals surface area contributed by atoms with E-state index in [4.69, 9.17) is 4.74 Å². The Hall–Kier alpha value is -1.81. The first-order valence-electron chi connectivity index (χ1n) is 8.88. The minimum absolute atomic E-state index is 0.166. The maximum atomic E-state index is 11.2. The number of benzene rings is 2. The summed E-state index contributed by atoms with van der Waals surface area (Å²) in [6.45, 7) is 4.67. The molecule has 3 rings (SSSR count). The Morgan fingerprint density at radius 1 is 1.08 bits per heavy atom. The zero-order valence-corrected chi connectivity index (χ0v) is 16.1. The smallest absolute Gasteiger partial charge is 0.147 e. The molecular formula is C21H26O3S. The van der Waals surface area contributed by atoms with Crippen LogP contribution in [-0.4, -0.2) is 27.0 Å². The summed E-state index contributed by atoms with van der Waals surface area (Å²) in [6.07, 6.45) is 5.36. The van der Waals surface area contributed by atoms with Crippen LogP contribution >= 0.6 is 0 Å². The highest BCUT2D eigenvalue weighted by molar-refractivity contribution is 7.90. The molecule has 0 atom stereocenters. The molecule has 1 aliphatic carbocycles.